The van der Waals surface area contributed by atoms with E-state index in [-0.39, 0.29) is 18.2 Å². The van der Waals surface area contributed by atoms with E-state index in [1.807, 2.05) is 0 Å². The van der Waals surface area contributed by atoms with Crippen LogP contribution in [0.1, 0.15) is 38.5 Å². The van der Waals surface area contributed by atoms with Crippen LogP contribution in [0.4, 0.5) is 0 Å². The molecular formula is C10H19NO2. The topological polar surface area (TPSA) is 52.5 Å². The Bertz CT molecular complexity index is 168. The van der Waals surface area contributed by atoms with Gasteiger partial charge in [0.2, 0.25) is 0 Å². The van der Waals surface area contributed by atoms with Crippen LogP contribution in [-0.4, -0.2) is 34.5 Å². The minimum absolute atomic E-state index is 0.0989. The van der Waals surface area contributed by atoms with Crippen LogP contribution in [0, 0.1) is 0 Å². The highest BCUT2D eigenvalue weighted by Gasteiger charge is 2.31. The number of nitrogens with one attached hydrogen (secondary N) is 1. The first-order valence-corrected chi connectivity index (χ1v) is 5.38. The van der Waals surface area contributed by atoms with Crippen LogP contribution in [0.25, 0.3) is 0 Å². The van der Waals surface area contributed by atoms with Crippen LogP contribution in [0.3, 0.4) is 0 Å². The quantitative estimate of drug-likeness (QED) is 0.584. The van der Waals surface area contributed by atoms with Crippen LogP contribution in [0.5, 0.6) is 0 Å². The van der Waals surface area contributed by atoms with E-state index in [1.54, 1.807) is 0 Å². The molecule has 0 heterocycles. The van der Waals surface area contributed by atoms with E-state index in [9.17, 15) is 5.11 Å². The fraction of sp³-hybridized carbons (Fsp3) is 1.00. The number of rotatable bonds is 2. The molecule has 0 aromatic rings. The third-order valence-corrected chi connectivity index (χ3v) is 3.29. The maximum Gasteiger partial charge on any atom is 0.0693 e. The molecule has 0 aromatic carbocycles. The second-order valence-electron chi connectivity index (χ2n) is 4.45. The van der Waals surface area contributed by atoms with Crippen LogP contribution in [-0.2, 0) is 0 Å². The molecule has 0 saturated heterocycles. The van der Waals surface area contributed by atoms with Crippen molar-refractivity contribution in [1.82, 2.24) is 5.32 Å². The highest BCUT2D eigenvalue weighted by Crippen LogP contribution is 2.24. The molecule has 0 spiro atoms. The van der Waals surface area contributed by atoms with Gasteiger partial charge in [-0.3, -0.25) is 0 Å². The minimum atomic E-state index is -0.161. The van der Waals surface area contributed by atoms with Crippen molar-refractivity contribution in [2.45, 2.75) is 62.8 Å². The Labute approximate surface area is 79.2 Å². The molecule has 13 heavy (non-hydrogen) atoms. The fourth-order valence-electron chi connectivity index (χ4n) is 2.33. The molecule has 2 atom stereocenters. The van der Waals surface area contributed by atoms with E-state index in [2.05, 4.69) is 5.32 Å². The smallest absolute Gasteiger partial charge is 0.0693 e. The fourth-order valence-corrected chi connectivity index (χ4v) is 2.33. The minimum Gasteiger partial charge on any atom is -0.393 e. The zero-order chi connectivity index (χ0) is 9.26. The second kappa shape index (κ2) is 3.95. The zero-order valence-electron chi connectivity index (χ0n) is 7.95. The lowest BCUT2D eigenvalue weighted by Gasteiger charge is -2.38. The molecule has 2 aliphatic carbocycles. The molecule has 76 valence electrons. The Kier molecular flexibility index (Phi) is 2.86. The van der Waals surface area contributed by atoms with Gasteiger partial charge in [0.05, 0.1) is 12.2 Å². The number of aliphatic hydroxyl groups is 2. The van der Waals surface area contributed by atoms with Crippen molar-refractivity contribution in [3.8, 4) is 0 Å². The molecule has 2 aliphatic rings. The van der Waals surface area contributed by atoms with Gasteiger partial charge < -0.3 is 15.5 Å². The van der Waals surface area contributed by atoms with Crippen LogP contribution >= 0.6 is 0 Å². The molecule has 2 saturated carbocycles. The summed E-state index contributed by atoms with van der Waals surface area (Å²) in [5.41, 5.74) is 0. The molecule has 2 fully saturated rings. The van der Waals surface area contributed by atoms with E-state index < -0.39 is 0 Å². The van der Waals surface area contributed by atoms with Crippen LogP contribution in [0.15, 0.2) is 0 Å². The Morgan fingerprint density at radius 2 is 1.69 bits per heavy atom. The molecule has 3 nitrogen and oxygen atoms in total. The molecule has 0 unspecified atom stereocenters. The largest absolute Gasteiger partial charge is 0.393 e. The first kappa shape index (κ1) is 9.44. The molecule has 3 N–H and O–H groups in total. The average Bonchev–Trinajstić information content (AvgIpc) is 2.06. The van der Waals surface area contributed by atoms with E-state index in [0.29, 0.717) is 6.04 Å². The van der Waals surface area contributed by atoms with Gasteiger partial charge in [-0.05, 0) is 25.7 Å². The summed E-state index contributed by atoms with van der Waals surface area (Å²) >= 11 is 0. The third kappa shape index (κ3) is 2.22. The summed E-state index contributed by atoms with van der Waals surface area (Å²) in [5, 5.41) is 22.2. The molecule has 0 bridgehead atoms. The molecular weight excluding hydrogens is 166 g/mol. The summed E-state index contributed by atoms with van der Waals surface area (Å²) in [7, 11) is 0. The number of hydrogen-bond donors (Lipinski definition) is 3. The van der Waals surface area contributed by atoms with Gasteiger partial charge in [0.15, 0.2) is 0 Å². The Hall–Kier alpha value is -0.120. The van der Waals surface area contributed by atoms with Crippen molar-refractivity contribution in [3.63, 3.8) is 0 Å². The van der Waals surface area contributed by atoms with E-state index in [4.69, 9.17) is 5.11 Å². The monoisotopic (exact) mass is 185 g/mol. The summed E-state index contributed by atoms with van der Waals surface area (Å²) in [6.45, 7) is 0. The van der Waals surface area contributed by atoms with Crippen molar-refractivity contribution in [3.05, 3.63) is 0 Å². The van der Waals surface area contributed by atoms with Crippen LogP contribution < -0.4 is 5.32 Å². The van der Waals surface area contributed by atoms with Gasteiger partial charge >= 0.3 is 0 Å². The van der Waals surface area contributed by atoms with Gasteiger partial charge in [-0.25, -0.2) is 0 Å². The van der Waals surface area contributed by atoms with E-state index >= 15 is 0 Å². The lowest BCUT2D eigenvalue weighted by atomic mass is 9.86. The van der Waals surface area contributed by atoms with E-state index in [0.717, 1.165) is 32.1 Å². The first-order valence-electron chi connectivity index (χ1n) is 5.38. The summed E-state index contributed by atoms with van der Waals surface area (Å²) in [6, 6.07) is 0.735. The first-order chi connectivity index (χ1) is 6.25. The van der Waals surface area contributed by atoms with Gasteiger partial charge in [0, 0.05) is 12.1 Å². The van der Waals surface area contributed by atoms with Gasteiger partial charge in [-0.15, -0.1) is 0 Å². The lowest BCUT2D eigenvalue weighted by molar-refractivity contribution is 0.0304. The Morgan fingerprint density at radius 3 is 2.31 bits per heavy atom. The highest BCUT2D eigenvalue weighted by molar-refractivity contribution is 4.90. The number of hydrogen-bond acceptors (Lipinski definition) is 3. The van der Waals surface area contributed by atoms with Gasteiger partial charge in [-0.1, -0.05) is 12.8 Å². The van der Waals surface area contributed by atoms with Crippen molar-refractivity contribution in [1.29, 1.82) is 0 Å². The summed E-state index contributed by atoms with van der Waals surface area (Å²) in [5.74, 6) is 0. The van der Waals surface area contributed by atoms with Crippen LogP contribution in [0.2, 0.25) is 0 Å². The van der Waals surface area contributed by atoms with Gasteiger partial charge in [0.1, 0.15) is 0 Å². The van der Waals surface area contributed by atoms with Crippen molar-refractivity contribution in [2.24, 2.45) is 0 Å². The summed E-state index contributed by atoms with van der Waals surface area (Å²) < 4.78 is 0. The predicted octanol–water partition coefficient (Wildman–Crippen LogP) is 0.403. The second-order valence-corrected chi connectivity index (χ2v) is 4.45. The maximum atomic E-state index is 9.68. The predicted molar refractivity (Wildman–Crippen MR) is 50.4 cm³/mol. The molecule has 0 radical (unpaired) electrons. The highest BCUT2D eigenvalue weighted by atomic mass is 16.3. The van der Waals surface area contributed by atoms with Crippen molar-refractivity contribution in [2.75, 3.05) is 0 Å². The summed E-state index contributed by atoms with van der Waals surface area (Å²) in [4.78, 5) is 0. The van der Waals surface area contributed by atoms with Crippen molar-refractivity contribution < 1.29 is 10.2 Å². The molecule has 0 amide bonds. The normalized spacial score (nSPS) is 45.7. The Morgan fingerprint density at radius 1 is 1.00 bits per heavy atom. The average molecular weight is 185 g/mol. The number of aliphatic hydroxyl groups excluding tert-OH is 2. The van der Waals surface area contributed by atoms with Crippen molar-refractivity contribution >= 4 is 0 Å². The Balaban J connectivity index is 1.73. The standard InChI is InChI=1S/C10H19NO2/c12-8-5-7(6-8)11-9-3-1-2-4-10(9)13/h7-13H,1-6H2/t7?,8?,9-,10-/m1/s1. The maximum absolute atomic E-state index is 9.68. The molecule has 0 aromatic heterocycles. The molecule has 3 heteroatoms. The molecule has 0 aliphatic heterocycles. The van der Waals surface area contributed by atoms with Gasteiger partial charge in [0.25, 0.3) is 0 Å². The summed E-state index contributed by atoms with van der Waals surface area (Å²) in [6.07, 6.45) is 5.88. The SMILES string of the molecule is OC1CC(N[C@@H]2CCCC[C@H]2O)C1. The third-order valence-electron chi connectivity index (χ3n) is 3.29. The molecule has 2 rings (SSSR count). The van der Waals surface area contributed by atoms with E-state index in [1.165, 1.54) is 6.42 Å². The van der Waals surface area contributed by atoms with Gasteiger partial charge in [-0.2, -0.15) is 0 Å². The lowest BCUT2D eigenvalue weighted by Crippen LogP contribution is -2.53. The zero-order valence-corrected chi connectivity index (χ0v) is 7.95.